The highest BCUT2D eigenvalue weighted by atomic mass is 16.3. The van der Waals surface area contributed by atoms with Gasteiger partial charge in [-0.3, -0.25) is 0 Å². The summed E-state index contributed by atoms with van der Waals surface area (Å²) in [7, 11) is 191. The predicted octanol–water partition coefficient (Wildman–Crippen LogP) is -20.6. The van der Waals surface area contributed by atoms with Crippen molar-refractivity contribution in [1.82, 2.24) is 0 Å². The summed E-state index contributed by atoms with van der Waals surface area (Å²) in [6.07, 6.45) is 0. The molecule has 274 valence electrons. The third-order valence-corrected chi connectivity index (χ3v) is 14.7. The molecule has 10 aromatic rings. The molecule has 0 saturated heterocycles. The van der Waals surface area contributed by atoms with Crippen LogP contribution in [0.25, 0.3) is 98.4 Å². The van der Waals surface area contributed by atoms with Crippen LogP contribution in [0.5, 0.6) is 0 Å². The van der Waals surface area contributed by atoms with Crippen LogP contribution in [0, 0.1) is 0 Å². The molecule has 75 heavy (non-hydrogen) atoms. The lowest BCUT2D eigenvalue weighted by Crippen LogP contribution is -2.56. The lowest BCUT2D eigenvalue weighted by atomic mass is 9.55. The van der Waals surface area contributed by atoms with Crippen LogP contribution >= 0.6 is 0 Å². The summed E-state index contributed by atoms with van der Waals surface area (Å²) in [4.78, 5) is 0. The van der Waals surface area contributed by atoms with Crippen LogP contribution < -0.4 is 153 Å². The maximum Gasteiger partial charge on any atom is 0.128 e. The van der Waals surface area contributed by atoms with E-state index in [1.165, 1.54) is 0 Å². The lowest BCUT2D eigenvalue weighted by molar-refractivity contribution is 0.675. The molecule has 1 nitrogen and oxygen atoms in total. The average Bonchev–Trinajstić information content (AvgIpc) is 3.79. The predicted molar refractivity (Wildman–Crippen MR) is 351 cm³/mol. The van der Waals surface area contributed by atoms with Crippen LogP contribution in [0.2, 0.25) is 0 Å². The molecule has 1 aromatic heterocycles. The van der Waals surface area contributed by atoms with Gasteiger partial charge in [-0.05, 0) is 81.9 Å². The monoisotopic (exact) mass is 876 g/mol. The molecule has 0 bridgehead atoms. The second kappa shape index (κ2) is 18.1. The third kappa shape index (κ3) is 6.85. The van der Waals surface area contributed by atoms with Crippen molar-refractivity contribution in [2.45, 2.75) is 0 Å². The highest BCUT2D eigenvalue weighted by Crippen LogP contribution is 2.44. The molecule has 0 aliphatic carbocycles. The van der Waals surface area contributed by atoms with Gasteiger partial charge < -0.3 is 4.42 Å². The summed E-state index contributed by atoms with van der Waals surface area (Å²) < 4.78 is 6.53. The average molecular weight is 871 g/mol. The topological polar surface area (TPSA) is 13.1 Å². The zero-order valence-corrected chi connectivity index (χ0v) is 39.6. The Labute approximate surface area is 472 Å². The van der Waals surface area contributed by atoms with E-state index < -0.39 is 0 Å². The molecule has 10 rings (SSSR count). The second-order valence-corrected chi connectivity index (χ2v) is 18.3. The van der Waals surface area contributed by atoms with Crippen LogP contribution in [-0.2, 0) is 0 Å². The van der Waals surface area contributed by atoms with Crippen LogP contribution in [-0.4, -0.2) is 220 Å². The number of rotatable bonds is 3. The molecule has 1 heterocycles. The molecule has 56 radical (unpaired) electrons. The van der Waals surface area contributed by atoms with Crippen molar-refractivity contribution in [3.05, 3.63) is 0 Å². The van der Waals surface area contributed by atoms with Gasteiger partial charge in [0.05, 0.1) is 0 Å². The molecule has 0 N–H and O–H groups in total. The van der Waals surface area contributed by atoms with Crippen LogP contribution in [0.15, 0.2) is 4.42 Å². The summed E-state index contributed by atoms with van der Waals surface area (Å²) in [6, 6.07) is 0. The van der Waals surface area contributed by atoms with Gasteiger partial charge in [-0.15, -0.1) is 65.6 Å². The first-order chi connectivity index (χ1) is 35.0. The molecule has 0 unspecified atom stereocenters. The Bertz CT molecular complexity index is 4330. The normalized spacial score (nSPS) is 11.9. The minimum absolute atomic E-state index is 0.0214. The van der Waals surface area contributed by atoms with E-state index in [0.29, 0.717) is 0 Å². The smallest absolute Gasteiger partial charge is 0.128 e. The highest BCUT2D eigenvalue weighted by Gasteiger charge is 2.32. The Kier molecular flexibility index (Phi) is 13.0. The molecule has 0 saturated carbocycles. The Morgan fingerprint density at radius 3 is 0.667 bits per heavy atom. The Morgan fingerprint density at radius 1 is 0.120 bits per heavy atom. The Morgan fingerprint density at radius 2 is 0.320 bits per heavy atom. The van der Waals surface area contributed by atoms with Crippen LogP contribution in [0.3, 0.4) is 0 Å². The molecule has 0 aliphatic heterocycles. The van der Waals surface area contributed by atoms with Gasteiger partial charge in [0, 0.05) is 10.8 Å². The summed E-state index contributed by atoms with van der Waals surface area (Å²) in [5, 5.41) is 0.0818. The molecular formula is C46B28O. The number of hydrogen-bond donors (Lipinski definition) is 0. The Hall–Kier alpha value is -4.36. The van der Waals surface area contributed by atoms with Crippen molar-refractivity contribution < 1.29 is 4.42 Å². The Balaban J connectivity index is 1.58. The highest BCUT2D eigenvalue weighted by molar-refractivity contribution is 6.78. The van der Waals surface area contributed by atoms with Crippen LogP contribution in [0.1, 0.15) is 0 Å². The van der Waals surface area contributed by atoms with Crippen molar-refractivity contribution >= 4 is 438 Å². The molecule has 0 atom stereocenters. The van der Waals surface area contributed by atoms with E-state index in [1.807, 2.05) is 0 Å². The largest absolute Gasteiger partial charge is 0.457 e. The first-order valence-electron chi connectivity index (χ1n) is 22.0. The second-order valence-electron chi connectivity index (χ2n) is 18.3. The van der Waals surface area contributed by atoms with Crippen LogP contribution in [0.4, 0.5) is 0 Å². The zero-order chi connectivity index (χ0) is 55.3. The van der Waals surface area contributed by atoms with Gasteiger partial charge in [0.1, 0.15) is 231 Å². The van der Waals surface area contributed by atoms with Crippen molar-refractivity contribution in [2.75, 3.05) is 0 Å². The summed E-state index contributed by atoms with van der Waals surface area (Å²) in [5.74, 6) is 0. The van der Waals surface area contributed by atoms with Gasteiger partial charge in [-0.25, -0.2) is 0 Å². The maximum absolute atomic E-state index is 7.34. The number of fused-ring (bicyclic) bond motifs is 7. The fraction of sp³-hybridized carbons (Fsp3) is 0. The fourth-order valence-electron chi connectivity index (χ4n) is 10.7. The molecule has 29 heteroatoms. The minimum Gasteiger partial charge on any atom is -0.457 e. The van der Waals surface area contributed by atoms with Gasteiger partial charge >= 0.3 is 0 Å². The van der Waals surface area contributed by atoms with Gasteiger partial charge in [0.15, 0.2) is 0 Å². The minimum atomic E-state index is -0.274. The maximum atomic E-state index is 7.34. The lowest BCUT2D eigenvalue weighted by Gasteiger charge is -2.33. The van der Waals surface area contributed by atoms with E-state index in [4.69, 9.17) is 224 Å². The van der Waals surface area contributed by atoms with E-state index in [1.54, 1.807) is 0 Å². The van der Waals surface area contributed by atoms with Crippen molar-refractivity contribution in [1.29, 1.82) is 0 Å². The summed E-state index contributed by atoms with van der Waals surface area (Å²) >= 11 is 0. The van der Waals surface area contributed by atoms with E-state index in [2.05, 4.69) is 0 Å². The van der Waals surface area contributed by atoms with Gasteiger partial charge in [0.25, 0.3) is 0 Å². The van der Waals surface area contributed by atoms with Crippen molar-refractivity contribution in [3.8, 4) is 33.4 Å². The third-order valence-electron chi connectivity index (χ3n) is 14.7. The van der Waals surface area contributed by atoms with Crippen molar-refractivity contribution in [2.24, 2.45) is 0 Å². The number of benzene rings is 9. The van der Waals surface area contributed by atoms with E-state index in [0.717, 1.165) is 0 Å². The quantitative estimate of drug-likeness (QED) is 0.127. The summed E-state index contributed by atoms with van der Waals surface area (Å²) in [6.45, 7) is 0. The van der Waals surface area contributed by atoms with E-state index >= 15 is 0 Å². The van der Waals surface area contributed by atoms with Crippen molar-refractivity contribution in [3.63, 3.8) is 0 Å². The molecule has 0 spiro atoms. The molecule has 0 aliphatic rings. The first kappa shape index (κ1) is 54.0. The molecule has 0 amide bonds. The standard InChI is InChI=1S/C46B28O/c47-17-14-15(30(60)39(69)38(68)29(14)59)31(61)46-16(17)12-8(24(54)42(72)44(74)45(12)75-46)2-5-3(20(50)32(62)34(64)22(5)52)1(4-6(2)23(53)35(65)33(63)21(4)51)7-9-10(26(56)37(67)36(66)25(9)55)11(19(49)18(7)48)13-27(57)40(70)43(73)41(71)28(13)58. The first-order valence-corrected chi connectivity index (χ1v) is 22.0. The molecule has 9 aromatic carbocycles. The van der Waals surface area contributed by atoms with E-state index in [-0.39, 0.29) is 251 Å². The zero-order valence-electron chi connectivity index (χ0n) is 39.6. The number of hydrogen-bond acceptors (Lipinski definition) is 1. The molecular weight excluding hydrogens is 871 g/mol. The summed E-state index contributed by atoms with van der Waals surface area (Å²) in [5.41, 5.74) is -5.31. The fourth-order valence-corrected chi connectivity index (χ4v) is 10.7. The van der Waals surface area contributed by atoms with Gasteiger partial charge in [0.2, 0.25) is 0 Å². The number of furan rings is 1. The molecule has 0 fully saturated rings. The van der Waals surface area contributed by atoms with Gasteiger partial charge in [-0.1, -0.05) is 81.9 Å². The SMILES string of the molecule is [B]c1c([B])c([B])c(-c2c([B])c([B])c(-c3c4c([B])c([B])c([B])c([B])c4c(-c4c([B])c([B])c([B])c5oc6c([B])c7c([B])c([B])c([B])c([B])c7c([B])c6c45)c4c([B])c([B])c([B])c([B])c34)c3c([B])c([B])c([B])c([B])c23)c([B])c1[B]. The van der Waals surface area contributed by atoms with Gasteiger partial charge in [-0.2, -0.15) is 0 Å². The van der Waals surface area contributed by atoms with E-state index in [9.17, 15) is 0 Å².